The van der Waals surface area contributed by atoms with E-state index < -0.39 is 0 Å². The molecule has 1 saturated heterocycles. The van der Waals surface area contributed by atoms with Gasteiger partial charge in [0.25, 0.3) is 0 Å². The average molecular weight is 126 g/mol. The molecular weight excluding hydrogens is 116 g/mol. The molecule has 1 fully saturated rings. The molecule has 1 unspecified atom stereocenters. The third-order valence-electron chi connectivity index (χ3n) is 1.29. The van der Waals surface area contributed by atoms with Crippen molar-refractivity contribution < 1.29 is 9.53 Å². The number of ether oxygens (including phenoxy) is 1. The van der Waals surface area contributed by atoms with Crippen LogP contribution >= 0.6 is 0 Å². The Balaban J connectivity index is 2.25. The van der Waals surface area contributed by atoms with E-state index in [1.54, 1.807) is 6.92 Å². The van der Waals surface area contributed by atoms with Crippen LogP contribution in [-0.2, 0) is 9.53 Å². The molecule has 1 atom stereocenters. The molecule has 0 spiro atoms. The van der Waals surface area contributed by atoms with Crippen molar-refractivity contribution in [2.45, 2.75) is 19.4 Å². The Kier molecular flexibility index (Phi) is 1.67. The van der Waals surface area contributed by atoms with Crippen molar-refractivity contribution in [3.05, 3.63) is 12.2 Å². The molecule has 0 N–H and O–H groups in total. The molecule has 50 valence electrons. The summed E-state index contributed by atoms with van der Waals surface area (Å²) in [6, 6.07) is 0. The standard InChI is InChI=1S/C7H10O2/c1-5(2)7(8)3-6-4-9-6/h6H,1,3-4H2,2H3. The highest BCUT2D eigenvalue weighted by Gasteiger charge is 2.25. The van der Waals surface area contributed by atoms with E-state index in [0.29, 0.717) is 12.0 Å². The van der Waals surface area contributed by atoms with Gasteiger partial charge in [-0.2, -0.15) is 0 Å². The predicted octanol–water partition coefficient (Wildman–Crippen LogP) is 0.920. The largest absolute Gasteiger partial charge is 0.373 e. The van der Waals surface area contributed by atoms with Crippen LogP contribution < -0.4 is 0 Å². The highest BCUT2D eigenvalue weighted by atomic mass is 16.6. The van der Waals surface area contributed by atoms with Crippen molar-refractivity contribution in [2.75, 3.05) is 6.61 Å². The van der Waals surface area contributed by atoms with E-state index in [1.807, 2.05) is 0 Å². The van der Waals surface area contributed by atoms with Crippen molar-refractivity contribution in [1.29, 1.82) is 0 Å². The molecule has 0 saturated carbocycles. The molecular formula is C7H10O2. The molecule has 0 amide bonds. The maximum absolute atomic E-state index is 10.8. The van der Waals surface area contributed by atoms with Crippen LogP contribution in [0.1, 0.15) is 13.3 Å². The second-order valence-electron chi connectivity index (χ2n) is 2.36. The zero-order valence-corrected chi connectivity index (χ0v) is 5.52. The first-order valence-electron chi connectivity index (χ1n) is 3.00. The molecule has 0 aromatic heterocycles. The van der Waals surface area contributed by atoms with E-state index in [2.05, 4.69) is 6.58 Å². The second-order valence-corrected chi connectivity index (χ2v) is 2.36. The fraction of sp³-hybridized carbons (Fsp3) is 0.571. The molecule has 2 heteroatoms. The van der Waals surface area contributed by atoms with Gasteiger partial charge in [-0.25, -0.2) is 0 Å². The lowest BCUT2D eigenvalue weighted by atomic mass is 10.1. The van der Waals surface area contributed by atoms with Crippen molar-refractivity contribution in [2.24, 2.45) is 0 Å². The maximum Gasteiger partial charge on any atom is 0.160 e. The van der Waals surface area contributed by atoms with Gasteiger partial charge < -0.3 is 4.74 Å². The average Bonchev–Trinajstić information content (AvgIpc) is 2.50. The summed E-state index contributed by atoms with van der Waals surface area (Å²) in [6.07, 6.45) is 0.726. The lowest BCUT2D eigenvalue weighted by Gasteiger charge is -1.92. The Morgan fingerprint density at radius 2 is 2.44 bits per heavy atom. The van der Waals surface area contributed by atoms with Crippen molar-refractivity contribution >= 4 is 5.78 Å². The molecule has 1 aliphatic rings. The number of carbonyl (C=O) groups is 1. The topological polar surface area (TPSA) is 29.6 Å². The van der Waals surface area contributed by atoms with E-state index in [-0.39, 0.29) is 11.9 Å². The third-order valence-corrected chi connectivity index (χ3v) is 1.29. The second kappa shape index (κ2) is 2.31. The molecule has 1 aliphatic heterocycles. The Morgan fingerprint density at radius 3 is 2.78 bits per heavy atom. The van der Waals surface area contributed by atoms with Crippen LogP contribution in [0.4, 0.5) is 0 Å². The lowest BCUT2D eigenvalue weighted by molar-refractivity contribution is -0.115. The fourth-order valence-electron chi connectivity index (χ4n) is 0.567. The highest BCUT2D eigenvalue weighted by molar-refractivity contribution is 5.94. The number of epoxide rings is 1. The molecule has 9 heavy (non-hydrogen) atoms. The summed E-state index contributed by atoms with van der Waals surface area (Å²) in [5, 5.41) is 0. The SMILES string of the molecule is C=C(C)C(=O)CC1CO1. The van der Waals surface area contributed by atoms with E-state index in [9.17, 15) is 4.79 Å². The van der Waals surface area contributed by atoms with Crippen molar-refractivity contribution in [3.63, 3.8) is 0 Å². The minimum Gasteiger partial charge on any atom is -0.373 e. The van der Waals surface area contributed by atoms with Gasteiger partial charge in [-0.1, -0.05) is 6.58 Å². The summed E-state index contributed by atoms with van der Waals surface area (Å²) in [5.74, 6) is 0.123. The first kappa shape index (κ1) is 6.49. The van der Waals surface area contributed by atoms with Crippen LogP contribution in [0.3, 0.4) is 0 Å². The molecule has 1 heterocycles. The Hall–Kier alpha value is -0.630. The fourth-order valence-corrected chi connectivity index (χ4v) is 0.567. The van der Waals surface area contributed by atoms with E-state index in [0.717, 1.165) is 6.61 Å². The van der Waals surface area contributed by atoms with Gasteiger partial charge >= 0.3 is 0 Å². The number of Topliss-reactive ketones (excluding diaryl/α,β-unsaturated/α-hetero) is 1. The summed E-state index contributed by atoms with van der Waals surface area (Å²) >= 11 is 0. The van der Waals surface area contributed by atoms with Gasteiger partial charge in [-0.05, 0) is 12.5 Å². The molecule has 0 radical (unpaired) electrons. The number of carbonyl (C=O) groups excluding carboxylic acids is 1. The van der Waals surface area contributed by atoms with E-state index >= 15 is 0 Å². The first-order chi connectivity index (χ1) is 4.20. The smallest absolute Gasteiger partial charge is 0.160 e. The molecule has 1 rings (SSSR count). The zero-order chi connectivity index (χ0) is 6.85. The number of ketones is 1. The van der Waals surface area contributed by atoms with Crippen LogP contribution in [0.5, 0.6) is 0 Å². The van der Waals surface area contributed by atoms with Crippen LogP contribution in [0, 0.1) is 0 Å². The monoisotopic (exact) mass is 126 g/mol. The number of rotatable bonds is 3. The Labute approximate surface area is 54.5 Å². The minimum absolute atomic E-state index is 0.123. The molecule has 0 bridgehead atoms. The number of hydrogen-bond acceptors (Lipinski definition) is 2. The van der Waals surface area contributed by atoms with Crippen LogP contribution in [0.2, 0.25) is 0 Å². The van der Waals surface area contributed by atoms with Gasteiger partial charge in [-0.3, -0.25) is 4.79 Å². The summed E-state index contributed by atoms with van der Waals surface area (Å²) in [5.41, 5.74) is 0.630. The van der Waals surface area contributed by atoms with Crippen LogP contribution in [0.15, 0.2) is 12.2 Å². The lowest BCUT2D eigenvalue weighted by Crippen LogP contribution is -2.01. The quantitative estimate of drug-likeness (QED) is 0.415. The minimum atomic E-state index is 0.123. The van der Waals surface area contributed by atoms with Gasteiger partial charge in [0.1, 0.15) is 0 Å². The summed E-state index contributed by atoms with van der Waals surface area (Å²) in [4.78, 5) is 10.8. The van der Waals surface area contributed by atoms with Gasteiger partial charge in [-0.15, -0.1) is 0 Å². The van der Waals surface area contributed by atoms with E-state index in [4.69, 9.17) is 4.74 Å². The summed E-state index contributed by atoms with van der Waals surface area (Å²) in [7, 11) is 0. The molecule has 0 aromatic rings. The van der Waals surface area contributed by atoms with Crippen molar-refractivity contribution in [1.82, 2.24) is 0 Å². The molecule has 0 aromatic carbocycles. The van der Waals surface area contributed by atoms with E-state index in [1.165, 1.54) is 0 Å². The predicted molar refractivity (Wildman–Crippen MR) is 34.2 cm³/mol. The van der Waals surface area contributed by atoms with Gasteiger partial charge in [0.05, 0.1) is 12.7 Å². The third kappa shape index (κ3) is 1.98. The first-order valence-corrected chi connectivity index (χ1v) is 3.00. The van der Waals surface area contributed by atoms with Gasteiger partial charge in [0.15, 0.2) is 5.78 Å². The normalized spacial score (nSPS) is 23.4. The number of allylic oxidation sites excluding steroid dienone is 1. The van der Waals surface area contributed by atoms with Gasteiger partial charge in [0.2, 0.25) is 0 Å². The van der Waals surface area contributed by atoms with Crippen LogP contribution in [0.25, 0.3) is 0 Å². The molecule has 0 aliphatic carbocycles. The maximum atomic E-state index is 10.8. The highest BCUT2D eigenvalue weighted by Crippen LogP contribution is 2.15. The zero-order valence-electron chi connectivity index (χ0n) is 5.52. The van der Waals surface area contributed by atoms with Crippen LogP contribution in [-0.4, -0.2) is 18.5 Å². The summed E-state index contributed by atoms with van der Waals surface area (Å²) in [6.45, 7) is 6.01. The Bertz CT molecular complexity index is 145. The van der Waals surface area contributed by atoms with Gasteiger partial charge in [0, 0.05) is 6.42 Å². The number of hydrogen-bond donors (Lipinski definition) is 0. The summed E-state index contributed by atoms with van der Waals surface area (Å²) < 4.78 is 4.87. The molecule has 2 nitrogen and oxygen atoms in total. The van der Waals surface area contributed by atoms with Crippen molar-refractivity contribution in [3.8, 4) is 0 Å². The Morgan fingerprint density at radius 1 is 1.89 bits per heavy atom.